The highest BCUT2D eigenvalue weighted by atomic mass is 19.4. The molecule has 1 amide bonds. The summed E-state index contributed by atoms with van der Waals surface area (Å²) in [6.45, 7) is 0. The molecule has 0 radical (unpaired) electrons. The minimum absolute atomic E-state index is 0.0796. The van der Waals surface area contributed by atoms with Crippen molar-refractivity contribution in [1.29, 1.82) is 0 Å². The van der Waals surface area contributed by atoms with Crippen molar-refractivity contribution in [2.45, 2.75) is 30.6 Å². The zero-order chi connectivity index (χ0) is 13.4. The molecular formula is C12H13F3N2O. The standard InChI is InChI=1S/C12H13F3N2O/c13-12(14,15)11(6-7-11)17-10(18)9(16)8-4-2-1-3-5-8/h1-5,9H,6-7,16H2,(H,17,18)/t9-/m1/s1. The normalized spacial score (nSPS) is 19.1. The van der Waals surface area contributed by atoms with Gasteiger partial charge in [-0.05, 0) is 18.4 Å². The van der Waals surface area contributed by atoms with Gasteiger partial charge in [-0.15, -0.1) is 0 Å². The van der Waals surface area contributed by atoms with E-state index in [-0.39, 0.29) is 12.8 Å². The molecule has 0 aliphatic heterocycles. The molecule has 0 spiro atoms. The van der Waals surface area contributed by atoms with E-state index < -0.39 is 23.7 Å². The Kier molecular flexibility index (Phi) is 3.06. The second-order valence-corrected chi connectivity index (χ2v) is 4.46. The molecule has 1 atom stereocenters. The zero-order valence-corrected chi connectivity index (χ0v) is 9.50. The van der Waals surface area contributed by atoms with Gasteiger partial charge in [-0.1, -0.05) is 30.3 Å². The number of hydrogen-bond acceptors (Lipinski definition) is 2. The maximum atomic E-state index is 12.7. The van der Waals surface area contributed by atoms with Crippen molar-refractivity contribution >= 4 is 5.91 Å². The number of nitrogens with two attached hydrogens (primary N) is 1. The fourth-order valence-corrected chi connectivity index (χ4v) is 1.73. The highest BCUT2D eigenvalue weighted by Crippen LogP contribution is 2.49. The second-order valence-electron chi connectivity index (χ2n) is 4.46. The van der Waals surface area contributed by atoms with Gasteiger partial charge in [0.15, 0.2) is 0 Å². The lowest BCUT2D eigenvalue weighted by molar-refractivity contribution is -0.170. The molecule has 0 aromatic heterocycles. The smallest absolute Gasteiger partial charge is 0.340 e. The zero-order valence-electron chi connectivity index (χ0n) is 9.50. The Bertz CT molecular complexity index is 440. The third-order valence-corrected chi connectivity index (χ3v) is 3.10. The van der Waals surface area contributed by atoms with E-state index in [4.69, 9.17) is 5.73 Å². The number of carbonyl (C=O) groups excluding carboxylic acids is 1. The van der Waals surface area contributed by atoms with Gasteiger partial charge in [0, 0.05) is 0 Å². The van der Waals surface area contributed by atoms with Gasteiger partial charge >= 0.3 is 6.18 Å². The predicted octanol–water partition coefficient (Wildman–Crippen LogP) is 1.90. The third kappa shape index (κ3) is 2.33. The SMILES string of the molecule is N[C@@H](C(=O)NC1(C(F)(F)F)CC1)c1ccccc1. The molecule has 1 aliphatic carbocycles. The Morgan fingerprint density at radius 1 is 1.28 bits per heavy atom. The van der Waals surface area contributed by atoms with Crippen LogP contribution in [0.5, 0.6) is 0 Å². The summed E-state index contributed by atoms with van der Waals surface area (Å²) in [7, 11) is 0. The predicted molar refractivity (Wildman–Crippen MR) is 59.5 cm³/mol. The summed E-state index contributed by atoms with van der Waals surface area (Å²) in [5, 5.41) is 2.02. The van der Waals surface area contributed by atoms with Gasteiger partial charge in [-0.25, -0.2) is 0 Å². The van der Waals surface area contributed by atoms with Crippen LogP contribution in [0.4, 0.5) is 13.2 Å². The second kappa shape index (κ2) is 4.28. The van der Waals surface area contributed by atoms with Crippen molar-refractivity contribution in [2.24, 2.45) is 5.73 Å². The van der Waals surface area contributed by atoms with Crippen molar-refractivity contribution in [2.75, 3.05) is 0 Å². The monoisotopic (exact) mass is 258 g/mol. The van der Waals surface area contributed by atoms with E-state index in [0.29, 0.717) is 5.56 Å². The number of alkyl halides is 3. The van der Waals surface area contributed by atoms with Crippen LogP contribution in [0, 0.1) is 0 Å². The Morgan fingerprint density at radius 3 is 2.28 bits per heavy atom. The lowest BCUT2D eigenvalue weighted by Crippen LogP contribution is -2.50. The molecule has 3 N–H and O–H groups in total. The van der Waals surface area contributed by atoms with Crippen molar-refractivity contribution in [3.05, 3.63) is 35.9 Å². The molecule has 3 nitrogen and oxygen atoms in total. The molecule has 98 valence electrons. The highest BCUT2D eigenvalue weighted by molar-refractivity contribution is 5.84. The number of amides is 1. The van der Waals surface area contributed by atoms with Crippen LogP contribution in [0.2, 0.25) is 0 Å². The molecule has 1 aliphatic rings. The minimum Gasteiger partial charge on any atom is -0.340 e. The van der Waals surface area contributed by atoms with Gasteiger partial charge in [0.2, 0.25) is 5.91 Å². The molecule has 0 saturated heterocycles. The molecule has 0 heterocycles. The van der Waals surface area contributed by atoms with Crippen LogP contribution in [0.3, 0.4) is 0 Å². The summed E-state index contributed by atoms with van der Waals surface area (Å²) >= 11 is 0. The van der Waals surface area contributed by atoms with E-state index in [9.17, 15) is 18.0 Å². The fourth-order valence-electron chi connectivity index (χ4n) is 1.73. The molecule has 1 aromatic carbocycles. The first kappa shape index (κ1) is 12.9. The number of nitrogens with one attached hydrogen (secondary N) is 1. The summed E-state index contributed by atoms with van der Waals surface area (Å²) in [5.41, 5.74) is 4.07. The third-order valence-electron chi connectivity index (χ3n) is 3.10. The fraction of sp³-hybridized carbons (Fsp3) is 0.417. The molecule has 0 unspecified atom stereocenters. The highest BCUT2D eigenvalue weighted by Gasteiger charge is 2.64. The first-order valence-electron chi connectivity index (χ1n) is 5.55. The van der Waals surface area contributed by atoms with Crippen molar-refractivity contribution in [3.8, 4) is 0 Å². The van der Waals surface area contributed by atoms with E-state index >= 15 is 0 Å². The Labute approximate surface area is 102 Å². The van der Waals surface area contributed by atoms with E-state index in [1.54, 1.807) is 30.3 Å². The van der Waals surface area contributed by atoms with Crippen LogP contribution in [-0.4, -0.2) is 17.6 Å². The molecular weight excluding hydrogens is 245 g/mol. The summed E-state index contributed by atoms with van der Waals surface area (Å²) in [4.78, 5) is 11.7. The lowest BCUT2D eigenvalue weighted by atomic mass is 10.1. The largest absolute Gasteiger partial charge is 0.411 e. The summed E-state index contributed by atoms with van der Waals surface area (Å²) < 4.78 is 38.0. The number of rotatable bonds is 3. The molecule has 6 heteroatoms. The van der Waals surface area contributed by atoms with Crippen molar-refractivity contribution in [3.63, 3.8) is 0 Å². The first-order valence-corrected chi connectivity index (χ1v) is 5.55. The van der Waals surface area contributed by atoms with E-state index in [1.165, 1.54) is 0 Å². The van der Waals surface area contributed by atoms with Gasteiger partial charge in [0.1, 0.15) is 11.6 Å². The van der Waals surface area contributed by atoms with Crippen LogP contribution in [0.15, 0.2) is 30.3 Å². The van der Waals surface area contributed by atoms with Crippen molar-refractivity contribution < 1.29 is 18.0 Å². The topological polar surface area (TPSA) is 55.1 Å². The number of benzene rings is 1. The van der Waals surface area contributed by atoms with E-state index in [2.05, 4.69) is 0 Å². The Hall–Kier alpha value is -1.56. The number of hydrogen-bond donors (Lipinski definition) is 2. The average molecular weight is 258 g/mol. The summed E-state index contributed by atoms with van der Waals surface area (Å²) in [5.74, 6) is -0.795. The summed E-state index contributed by atoms with van der Waals surface area (Å²) in [6.07, 6.45) is -4.58. The lowest BCUT2D eigenvalue weighted by Gasteiger charge is -2.22. The van der Waals surface area contributed by atoms with Crippen molar-refractivity contribution in [1.82, 2.24) is 5.32 Å². The number of carbonyl (C=O) groups is 1. The minimum atomic E-state index is -4.42. The maximum absolute atomic E-state index is 12.7. The average Bonchev–Trinajstić information content (AvgIpc) is 3.09. The molecule has 1 fully saturated rings. The molecule has 18 heavy (non-hydrogen) atoms. The van der Waals surface area contributed by atoms with Crippen LogP contribution in [0.25, 0.3) is 0 Å². The van der Waals surface area contributed by atoms with Gasteiger partial charge in [0.05, 0.1) is 0 Å². The van der Waals surface area contributed by atoms with Crippen LogP contribution < -0.4 is 11.1 Å². The van der Waals surface area contributed by atoms with Crippen LogP contribution in [-0.2, 0) is 4.79 Å². The Morgan fingerprint density at radius 2 is 1.83 bits per heavy atom. The maximum Gasteiger partial charge on any atom is 0.411 e. The molecule has 1 saturated carbocycles. The van der Waals surface area contributed by atoms with Gasteiger partial charge in [-0.3, -0.25) is 4.79 Å². The first-order chi connectivity index (χ1) is 8.36. The van der Waals surface area contributed by atoms with Crippen LogP contribution in [0.1, 0.15) is 24.4 Å². The van der Waals surface area contributed by atoms with Gasteiger partial charge in [-0.2, -0.15) is 13.2 Å². The molecule has 0 bridgehead atoms. The number of halogens is 3. The quantitative estimate of drug-likeness (QED) is 0.870. The van der Waals surface area contributed by atoms with E-state index in [1.807, 2.05) is 5.32 Å². The molecule has 1 aromatic rings. The van der Waals surface area contributed by atoms with Gasteiger partial charge < -0.3 is 11.1 Å². The summed E-state index contributed by atoms with van der Waals surface area (Å²) in [6, 6.07) is 7.24. The van der Waals surface area contributed by atoms with Crippen LogP contribution >= 0.6 is 0 Å². The van der Waals surface area contributed by atoms with E-state index in [0.717, 1.165) is 0 Å². The molecule has 2 rings (SSSR count). The Balaban J connectivity index is 2.06. The van der Waals surface area contributed by atoms with Gasteiger partial charge in [0.25, 0.3) is 0 Å².